The molecule has 1 aromatic rings. The number of rotatable bonds is 4. The van der Waals surface area contributed by atoms with E-state index in [9.17, 15) is 18.3 Å². The Balaban J connectivity index is 2.05. The molecule has 0 spiro atoms. The molecular weight excluding hydrogens is 283 g/mol. The standard InChI is InChI=1S/C15H20F3NO2/c1-3-21-13-6-4-12(5-7-13)19-9-8-11(10-19)14(2,20)15(16,17)18/h4-7,11,20H,3,8-10H2,1-2H3. The van der Waals surface area contributed by atoms with E-state index in [-0.39, 0.29) is 6.54 Å². The molecule has 6 heteroatoms. The first-order valence-electron chi connectivity index (χ1n) is 7.02. The van der Waals surface area contributed by atoms with Crippen molar-refractivity contribution < 1.29 is 23.0 Å². The molecule has 3 nitrogen and oxygen atoms in total. The fraction of sp³-hybridized carbons (Fsp3) is 0.600. The van der Waals surface area contributed by atoms with E-state index < -0.39 is 17.7 Å². The van der Waals surface area contributed by atoms with Crippen molar-refractivity contribution >= 4 is 5.69 Å². The van der Waals surface area contributed by atoms with Crippen molar-refractivity contribution in [3.05, 3.63) is 24.3 Å². The topological polar surface area (TPSA) is 32.7 Å². The summed E-state index contributed by atoms with van der Waals surface area (Å²) in [4.78, 5) is 1.86. The lowest BCUT2D eigenvalue weighted by Crippen LogP contribution is -2.49. The second-order valence-electron chi connectivity index (χ2n) is 5.50. The first kappa shape index (κ1) is 15.9. The maximum absolute atomic E-state index is 12.9. The van der Waals surface area contributed by atoms with Crippen molar-refractivity contribution in [2.45, 2.75) is 32.0 Å². The summed E-state index contributed by atoms with van der Waals surface area (Å²) in [5.41, 5.74) is -1.80. The third kappa shape index (κ3) is 3.26. The average Bonchev–Trinajstić information content (AvgIpc) is 2.89. The van der Waals surface area contributed by atoms with E-state index >= 15 is 0 Å². The number of anilines is 1. The quantitative estimate of drug-likeness (QED) is 0.927. The number of nitrogens with zero attached hydrogens (tertiary/aromatic N) is 1. The Hall–Kier alpha value is -1.43. The lowest BCUT2D eigenvalue weighted by Gasteiger charge is -2.32. The highest BCUT2D eigenvalue weighted by molar-refractivity contribution is 5.50. The van der Waals surface area contributed by atoms with E-state index in [1.165, 1.54) is 0 Å². The van der Waals surface area contributed by atoms with Crippen LogP contribution in [0.15, 0.2) is 24.3 Å². The van der Waals surface area contributed by atoms with Crippen LogP contribution in [0.4, 0.5) is 18.9 Å². The van der Waals surface area contributed by atoms with E-state index in [0.29, 0.717) is 19.6 Å². The number of halogens is 3. The number of hydrogen-bond acceptors (Lipinski definition) is 3. The molecule has 0 aliphatic carbocycles. The maximum Gasteiger partial charge on any atom is 0.417 e. The Morgan fingerprint density at radius 3 is 2.43 bits per heavy atom. The van der Waals surface area contributed by atoms with Crippen LogP contribution in [0.2, 0.25) is 0 Å². The van der Waals surface area contributed by atoms with Crippen LogP contribution in [-0.2, 0) is 0 Å². The smallest absolute Gasteiger partial charge is 0.417 e. The van der Waals surface area contributed by atoms with E-state index in [2.05, 4.69) is 0 Å². The van der Waals surface area contributed by atoms with Crippen molar-refractivity contribution in [2.24, 2.45) is 5.92 Å². The van der Waals surface area contributed by atoms with Crippen LogP contribution in [0.5, 0.6) is 5.75 Å². The van der Waals surface area contributed by atoms with Crippen molar-refractivity contribution in [3.63, 3.8) is 0 Å². The van der Waals surface area contributed by atoms with Gasteiger partial charge in [0.1, 0.15) is 5.75 Å². The molecule has 0 bridgehead atoms. The molecular formula is C15H20F3NO2. The van der Waals surface area contributed by atoms with Gasteiger partial charge in [0.05, 0.1) is 6.61 Å². The lowest BCUT2D eigenvalue weighted by molar-refractivity contribution is -0.269. The number of aliphatic hydroxyl groups is 1. The van der Waals surface area contributed by atoms with Crippen LogP contribution in [0, 0.1) is 5.92 Å². The summed E-state index contributed by atoms with van der Waals surface area (Å²) in [5.74, 6) is -0.0802. The third-order valence-corrected chi connectivity index (χ3v) is 4.07. The Morgan fingerprint density at radius 2 is 1.90 bits per heavy atom. The summed E-state index contributed by atoms with van der Waals surface area (Å²) in [7, 11) is 0. The molecule has 0 radical (unpaired) electrons. The Kier molecular flexibility index (Phi) is 4.37. The van der Waals surface area contributed by atoms with Gasteiger partial charge < -0.3 is 14.7 Å². The zero-order valence-electron chi connectivity index (χ0n) is 12.2. The normalized spacial score (nSPS) is 22.2. The van der Waals surface area contributed by atoms with Gasteiger partial charge in [-0.25, -0.2) is 0 Å². The molecule has 118 valence electrons. The van der Waals surface area contributed by atoms with Gasteiger partial charge in [-0.1, -0.05) is 0 Å². The summed E-state index contributed by atoms with van der Waals surface area (Å²) in [6.45, 7) is 4.02. The predicted octanol–water partition coefficient (Wildman–Crippen LogP) is 3.22. The first-order chi connectivity index (χ1) is 9.75. The van der Waals surface area contributed by atoms with Gasteiger partial charge in [-0.05, 0) is 44.5 Å². The molecule has 2 atom stereocenters. The largest absolute Gasteiger partial charge is 0.494 e. The maximum atomic E-state index is 12.9. The second-order valence-corrected chi connectivity index (χ2v) is 5.50. The van der Waals surface area contributed by atoms with Crippen LogP contribution in [0.1, 0.15) is 20.3 Å². The summed E-state index contributed by atoms with van der Waals surface area (Å²) < 4.78 is 43.9. The van der Waals surface area contributed by atoms with Crippen molar-refractivity contribution in [2.75, 3.05) is 24.6 Å². The zero-order chi connectivity index (χ0) is 15.7. The molecule has 2 unspecified atom stereocenters. The van der Waals surface area contributed by atoms with E-state index in [0.717, 1.165) is 18.4 Å². The van der Waals surface area contributed by atoms with Gasteiger partial charge in [-0.2, -0.15) is 13.2 Å². The molecule has 0 saturated carbocycles. The summed E-state index contributed by atoms with van der Waals surface area (Å²) in [6, 6.07) is 7.26. The van der Waals surface area contributed by atoms with Gasteiger partial charge >= 0.3 is 6.18 Å². The van der Waals surface area contributed by atoms with E-state index in [1.54, 1.807) is 12.1 Å². The average molecular weight is 303 g/mol. The van der Waals surface area contributed by atoms with Crippen LogP contribution >= 0.6 is 0 Å². The van der Waals surface area contributed by atoms with Crippen molar-refractivity contribution in [3.8, 4) is 5.75 Å². The van der Waals surface area contributed by atoms with Crippen LogP contribution in [0.25, 0.3) is 0 Å². The summed E-state index contributed by atoms with van der Waals surface area (Å²) in [5, 5.41) is 9.76. The number of ether oxygens (including phenoxy) is 1. The van der Waals surface area contributed by atoms with E-state index in [4.69, 9.17) is 4.74 Å². The van der Waals surface area contributed by atoms with Gasteiger partial charge in [0, 0.05) is 24.7 Å². The Labute approximate surface area is 122 Å². The number of hydrogen-bond donors (Lipinski definition) is 1. The molecule has 1 aromatic carbocycles. The van der Waals surface area contributed by atoms with Crippen molar-refractivity contribution in [1.29, 1.82) is 0 Å². The minimum absolute atomic E-state index is 0.195. The highest BCUT2D eigenvalue weighted by Gasteiger charge is 2.56. The molecule has 1 saturated heterocycles. The molecule has 1 heterocycles. The minimum atomic E-state index is -4.60. The molecule has 1 aliphatic heterocycles. The third-order valence-electron chi connectivity index (χ3n) is 4.07. The number of alkyl halides is 3. The molecule has 1 N–H and O–H groups in total. The lowest BCUT2D eigenvalue weighted by atomic mass is 9.88. The molecule has 0 aromatic heterocycles. The van der Waals surface area contributed by atoms with Crippen molar-refractivity contribution in [1.82, 2.24) is 0 Å². The summed E-state index contributed by atoms with van der Waals surface area (Å²) >= 11 is 0. The minimum Gasteiger partial charge on any atom is -0.494 e. The van der Waals surface area contributed by atoms with Gasteiger partial charge in [0.15, 0.2) is 5.60 Å². The van der Waals surface area contributed by atoms with E-state index in [1.807, 2.05) is 24.0 Å². The van der Waals surface area contributed by atoms with Gasteiger partial charge in [-0.15, -0.1) is 0 Å². The van der Waals surface area contributed by atoms with Gasteiger partial charge in [0.25, 0.3) is 0 Å². The SMILES string of the molecule is CCOc1ccc(N2CCC(C(C)(O)C(F)(F)F)C2)cc1. The zero-order valence-corrected chi connectivity index (χ0v) is 12.2. The van der Waals surface area contributed by atoms with Crippen LogP contribution in [0.3, 0.4) is 0 Å². The molecule has 21 heavy (non-hydrogen) atoms. The van der Waals surface area contributed by atoms with Crippen LogP contribution < -0.4 is 9.64 Å². The number of benzene rings is 1. The highest BCUT2D eigenvalue weighted by Crippen LogP contribution is 2.41. The monoisotopic (exact) mass is 303 g/mol. The fourth-order valence-corrected chi connectivity index (χ4v) is 2.60. The summed E-state index contributed by atoms with van der Waals surface area (Å²) in [6.07, 6.45) is -4.29. The Bertz CT molecular complexity index is 471. The van der Waals surface area contributed by atoms with Gasteiger partial charge in [-0.3, -0.25) is 0 Å². The molecule has 1 fully saturated rings. The predicted molar refractivity (Wildman–Crippen MR) is 74.6 cm³/mol. The highest BCUT2D eigenvalue weighted by atomic mass is 19.4. The van der Waals surface area contributed by atoms with Gasteiger partial charge in [0.2, 0.25) is 0 Å². The first-order valence-corrected chi connectivity index (χ1v) is 7.02. The Morgan fingerprint density at radius 1 is 1.29 bits per heavy atom. The second kappa shape index (κ2) is 5.75. The fourth-order valence-electron chi connectivity index (χ4n) is 2.60. The van der Waals surface area contributed by atoms with Crippen LogP contribution in [-0.4, -0.2) is 36.6 Å². The molecule has 1 aliphatic rings. The molecule has 2 rings (SSSR count). The molecule has 0 amide bonds.